The minimum atomic E-state index is -0.124. The maximum absolute atomic E-state index is 13.5. The summed E-state index contributed by atoms with van der Waals surface area (Å²) >= 11 is 0. The molecule has 0 fully saturated rings. The Kier molecular flexibility index (Phi) is 2.01. The smallest absolute Gasteiger partial charge is 0.147 e. The first kappa shape index (κ1) is 8.96. The minimum absolute atomic E-state index is 0.124. The predicted octanol–water partition coefficient (Wildman–Crippen LogP) is 3.58. The molecule has 1 N–H and O–H groups in total. The van der Waals surface area contributed by atoms with Crippen LogP contribution < -0.4 is 0 Å². The average molecular weight is 203 g/mol. The topological polar surface area (TPSA) is 15.8 Å². The maximum atomic E-state index is 13.5. The van der Waals surface area contributed by atoms with Gasteiger partial charge in [0.05, 0.1) is 5.52 Å². The van der Waals surface area contributed by atoms with Crippen molar-refractivity contribution in [3.05, 3.63) is 35.3 Å². The van der Waals surface area contributed by atoms with E-state index in [4.69, 9.17) is 0 Å². The first-order chi connectivity index (χ1) is 7.36. The molecule has 1 heterocycles. The predicted molar refractivity (Wildman–Crippen MR) is 59.5 cm³/mol. The molecule has 15 heavy (non-hydrogen) atoms. The summed E-state index contributed by atoms with van der Waals surface area (Å²) in [7, 11) is 0. The number of para-hydroxylation sites is 1. The fraction of sp³-hybridized carbons (Fsp3) is 0.385. The number of aryl methyl sites for hydroxylation is 2. The molecule has 0 bridgehead atoms. The van der Waals surface area contributed by atoms with Gasteiger partial charge in [-0.3, -0.25) is 0 Å². The molecule has 1 aliphatic rings. The summed E-state index contributed by atoms with van der Waals surface area (Å²) in [5.74, 6) is -0.124. The fourth-order valence-electron chi connectivity index (χ4n) is 2.57. The van der Waals surface area contributed by atoms with Crippen molar-refractivity contribution in [1.29, 1.82) is 0 Å². The van der Waals surface area contributed by atoms with Crippen molar-refractivity contribution in [1.82, 2.24) is 4.98 Å². The molecule has 2 aromatic rings. The van der Waals surface area contributed by atoms with E-state index >= 15 is 0 Å². The quantitative estimate of drug-likeness (QED) is 0.630. The van der Waals surface area contributed by atoms with E-state index in [9.17, 15) is 4.39 Å². The van der Waals surface area contributed by atoms with Crippen LogP contribution in [0.4, 0.5) is 4.39 Å². The standard InChI is InChI=1S/C13H14FN/c14-11-7-4-6-10-9-5-2-1-3-8-12(9)15-13(10)11/h4,6-7,15H,1-3,5,8H2. The number of H-pyrrole nitrogens is 1. The molecule has 1 nitrogen and oxygen atoms in total. The van der Waals surface area contributed by atoms with Gasteiger partial charge in [-0.25, -0.2) is 4.39 Å². The second-order valence-electron chi connectivity index (χ2n) is 4.31. The Labute approximate surface area is 88.3 Å². The number of hydrogen-bond donors (Lipinski definition) is 1. The van der Waals surface area contributed by atoms with Gasteiger partial charge in [-0.2, -0.15) is 0 Å². The van der Waals surface area contributed by atoms with Crippen LogP contribution in [0.2, 0.25) is 0 Å². The number of aromatic amines is 1. The molecule has 0 unspecified atom stereocenters. The van der Waals surface area contributed by atoms with Crippen LogP contribution in [-0.4, -0.2) is 4.98 Å². The Morgan fingerprint density at radius 2 is 1.93 bits per heavy atom. The van der Waals surface area contributed by atoms with Crippen molar-refractivity contribution in [2.45, 2.75) is 32.1 Å². The SMILES string of the molecule is Fc1cccc2c3c([nH]c12)CCCCC3. The highest BCUT2D eigenvalue weighted by Crippen LogP contribution is 2.29. The number of halogens is 1. The van der Waals surface area contributed by atoms with Gasteiger partial charge in [0.2, 0.25) is 0 Å². The molecule has 2 heteroatoms. The third-order valence-electron chi connectivity index (χ3n) is 3.33. The van der Waals surface area contributed by atoms with Crippen LogP contribution >= 0.6 is 0 Å². The van der Waals surface area contributed by atoms with E-state index in [-0.39, 0.29) is 5.82 Å². The van der Waals surface area contributed by atoms with Crippen molar-refractivity contribution in [3.63, 3.8) is 0 Å². The van der Waals surface area contributed by atoms with Crippen molar-refractivity contribution in [3.8, 4) is 0 Å². The van der Waals surface area contributed by atoms with Gasteiger partial charge in [0.15, 0.2) is 0 Å². The highest BCUT2D eigenvalue weighted by atomic mass is 19.1. The van der Waals surface area contributed by atoms with Gasteiger partial charge in [0.1, 0.15) is 5.82 Å². The van der Waals surface area contributed by atoms with E-state index in [1.807, 2.05) is 6.07 Å². The second-order valence-corrected chi connectivity index (χ2v) is 4.31. The normalized spacial score (nSPS) is 16.3. The van der Waals surface area contributed by atoms with E-state index in [0.717, 1.165) is 18.2 Å². The summed E-state index contributed by atoms with van der Waals surface area (Å²) in [6.45, 7) is 0. The van der Waals surface area contributed by atoms with Crippen LogP contribution in [0.25, 0.3) is 10.9 Å². The lowest BCUT2D eigenvalue weighted by Crippen LogP contribution is -1.86. The highest BCUT2D eigenvalue weighted by molar-refractivity contribution is 5.85. The molecule has 0 saturated carbocycles. The summed E-state index contributed by atoms with van der Waals surface area (Å²) in [6.07, 6.45) is 5.92. The lowest BCUT2D eigenvalue weighted by atomic mass is 10.1. The molecule has 0 aliphatic heterocycles. The van der Waals surface area contributed by atoms with E-state index < -0.39 is 0 Å². The molecule has 0 saturated heterocycles. The zero-order valence-electron chi connectivity index (χ0n) is 8.65. The summed E-state index contributed by atoms with van der Waals surface area (Å²) < 4.78 is 13.5. The molecular formula is C13H14FN. The Morgan fingerprint density at radius 3 is 2.87 bits per heavy atom. The first-order valence-electron chi connectivity index (χ1n) is 5.64. The molecule has 1 aromatic carbocycles. The van der Waals surface area contributed by atoms with Gasteiger partial charge < -0.3 is 4.98 Å². The van der Waals surface area contributed by atoms with Crippen LogP contribution in [0.5, 0.6) is 0 Å². The third-order valence-corrected chi connectivity index (χ3v) is 3.33. The molecule has 0 amide bonds. The summed E-state index contributed by atoms with van der Waals surface area (Å²) in [5, 5.41) is 1.09. The Bertz CT molecular complexity index is 498. The highest BCUT2D eigenvalue weighted by Gasteiger charge is 2.15. The van der Waals surface area contributed by atoms with Gasteiger partial charge in [-0.05, 0) is 37.3 Å². The van der Waals surface area contributed by atoms with Crippen LogP contribution in [0.3, 0.4) is 0 Å². The molecule has 0 radical (unpaired) electrons. The Morgan fingerprint density at radius 1 is 1.07 bits per heavy atom. The van der Waals surface area contributed by atoms with Crippen molar-refractivity contribution >= 4 is 10.9 Å². The van der Waals surface area contributed by atoms with Crippen molar-refractivity contribution in [2.24, 2.45) is 0 Å². The number of fused-ring (bicyclic) bond motifs is 3. The van der Waals surface area contributed by atoms with Crippen molar-refractivity contribution < 1.29 is 4.39 Å². The van der Waals surface area contributed by atoms with Crippen LogP contribution in [0, 0.1) is 5.82 Å². The van der Waals surface area contributed by atoms with Gasteiger partial charge in [-0.1, -0.05) is 18.6 Å². The number of aromatic nitrogens is 1. The first-order valence-corrected chi connectivity index (χ1v) is 5.64. The lowest BCUT2D eigenvalue weighted by molar-refractivity contribution is 0.636. The summed E-state index contributed by atoms with van der Waals surface area (Å²) in [4.78, 5) is 3.25. The summed E-state index contributed by atoms with van der Waals surface area (Å²) in [5.41, 5.74) is 3.30. The average Bonchev–Trinajstić information content (AvgIpc) is 2.45. The largest absolute Gasteiger partial charge is 0.356 e. The molecule has 0 atom stereocenters. The van der Waals surface area contributed by atoms with Crippen LogP contribution in [-0.2, 0) is 12.8 Å². The molecule has 1 aliphatic carbocycles. The third kappa shape index (κ3) is 1.36. The zero-order chi connectivity index (χ0) is 10.3. The van der Waals surface area contributed by atoms with Crippen molar-refractivity contribution in [2.75, 3.05) is 0 Å². The van der Waals surface area contributed by atoms with Gasteiger partial charge in [0, 0.05) is 11.1 Å². The monoisotopic (exact) mass is 203 g/mol. The fourth-order valence-corrected chi connectivity index (χ4v) is 2.57. The van der Waals surface area contributed by atoms with Crippen LogP contribution in [0.15, 0.2) is 18.2 Å². The molecule has 78 valence electrons. The molecule has 0 spiro atoms. The minimum Gasteiger partial charge on any atom is -0.356 e. The van der Waals surface area contributed by atoms with E-state index in [1.165, 1.54) is 36.6 Å². The van der Waals surface area contributed by atoms with Crippen LogP contribution in [0.1, 0.15) is 30.5 Å². The molecule has 1 aromatic heterocycles. The number of nitrogens with one attached hydrogen (secondary N) is 1. The van der Waals surface area contributed by atoms with Gasteiger partial charge >= 0.3 is 0 Å². The number of hydrogen-bond acceptors (Lipinski definition) is 0. The lowest BCUT2D eigenvalue weighted by Gasteiger charge is -1.97. The zero-order valence-corrected chi connectivity index (χ0v) is 8.65. The summed E-state index contributed by atoms with van der Waals surface area (Å²) in [6, 6.07) is 5.36. The molecule has 3 rings (SSSR count). The van der Waals surface area contributed by atoms with E-state index in [1.54, 1.807) is 6.07 Å². The second kappa shape index (κ2) is 3.37. The number of rotatable bonds is 0. The molecular weight excluding hydrogens is 189 g/mol. The van der Waals surface area contributed by atoms with E-state index in [2.05, 4.69) is 4.98 Å². The Balaban J connectivity index is 2.28. The van der Waals surface area contributed by atoms with Gasteiger partial charge in [-0.15, -0.1) is 0 Å². The Hall–Kier alpha value is -1.31. The maximum Gasteiger partial charge on any atom is 0.147 e. The van der Waals surface area contributed by atoms with Gasteiger partial charge in [0.25, 0.3) is 0 Å². The number of benzene rings is 1. The van der Waals surface area contributed by atoms with E-state index in [0.29, 0.717) is 5.52 Å².